The lowest BCUT2D eigenvalue weighted by Crippen LogP contribution is -2.46. The zero-order chi connectivity index (χ0) is 17.1. The van der Waals surface area contributed by atoms with Crippen molar-refractivity contribution in [3.05, 3.63) is 28.4 Å². The predicted octanol–water partition coefficient (Wildman–Crippen LogP) is 3.74. The van der Waals surface area contributed by atoms with Gasteiger partial charge in [-0.2, -0.15) is 8.78 Å². The summed E-state index contributed by atoms with van der Waals surface area (Å²) in [6.07, 6.45) is -2.49. The number of carboxylic acid groups (broad SMARTS) is 1. The van der Waals surface area contributed by atoms with Crippen molar-refractivity contribution in [2.75, 3.05) is 6.61 Å². The van der Waals surface area contributed by atoms with Crippen LogP contribution in [0.3, 0.4) is 0 Å². The number of alkyl halides is 2. The molecule has 0 saturated heterocycles. The fraction of sp³-hybridized carbons (Fsp3) is 0.333. The molecule has 0 aliphatic rings. The first-order chi connectivity index (χ1) is 10.1. The highest BCUT2D eigenvalue weighted by Gasteiger charge is 2.51. The molecular weight excluding hydrogens is 643 g/mol. The molecule has 1 aromatic carbocycles. The van der Waals surface area contributed by atoms with Crippen molar-refractivity contribution in [1.82, 2.24) is 0 Å². The molecule has 0 bridgehead atoms. The molecule has 22 heavy (non-hydrogen) atoms. The van der Waals surface area contributed by atoms with Crippen LogP contribution in [0.25, 0.3) is 0 Å². The van der Waals surface area contributed by atoms with Crippen LogP contribution in [0.1, 0.15) is 17.3 Å². The number of aliphatic carboxylic acids is 1. The third kappa shape index (κ3) is 4.83. The Morgan fingerprint density at radius 1 is 1.32 bits per heavy atom. The topological polar surface area (TPSA) is 72.8 Å². The number of hydrogen-bond acceptors (Lipinski definition) is 4. The first kappa shape index (κ1) is 20.2. The number of benzene rings is 1. The van der Waals surface area contributed by atoms with Gasteiger partial charge in [-0.1, -0.05) is 0 Å². The van der Waals surface area contributed by atoms with Crippen molar-refractivity contribution in [1.29, 1.82) is 0 Å². The molecule has 0 spiro atoms. The first-order valence-electron chi connectivity index (χ1n) is 5.69. The van der Waals surface area contributed by atoms with Crippen molar-refractivity contribution in [3.63, 3.8) is 0 Å². The second-order valence-electron chi connectivity index (χ2n) is 3.87. The summed E-state index contributed by atoms with van der Waals surface area (Å²) in [6, 6.07) is 3.26. The van der Waals surface area contributed by atoms with E-state index in [1.54, 1.807) is 6.07 Å². The highest BCUT2D eigenvalue weighted by molar-refractivity contribution is 14.1. The number of hydrogen-bond donors (Lipinski definition) is 1. The molecule has 0 aliphatic carbocycles. The van der Waals surface area contributed by atoms with E-state index in [1.165, 1.54) is 13.0 Å². The Bertz CT molecular complexity index is 594. The van der Waals surface area contributed by atoms with E-state index in [1.807, 2.05) is 67.8 Å². The predicted molar refractivity (Wildman–Crippen MR) is 98.0 cm³/mol. The van der Waals surface area contributed by atoms with Crippen molar-refractivity contribution in [3.8, 4) is 0 Å². The van der Waals surface area contributed by atoms with E-state index in [0.717, 1.165) is 3.57 Å². The molecule has 1 aromatic rings. The summed E-state index contributed by atoms with van der Waals surface area (Å²) < 4.78 is 38.2. The van der Waals surface area contributed by atoms with Gasteiger partial charge in [0.05, 0.1) is 5.56 Å². The van der Waals surface area contributed by atoms with Gasteiger partial charge in [0.15, 0.2) is 0 Å². The van der Waals surface area contributed by atoms with Gasteiger partial charge in [0, 0.05) is 17.3 Å². The summed E-state index contributed by atoms with van der Waals surface area (Å²) in [6.45, 7) is 1.15. The molecule has 1 unspecified atom stereocenters. The van der Waals surface area contributed by atoms with Gasteiger partial charge in [-0.05, 0) is 86.8 Å². The molecule has 0 fully saturated rings. The Morgan fingerprint density at radius 2 is 1.91 bits per heavy atom. The molecule has 1 atom stereocenters. The fourth-order valence-corrected chi connectivity index (χ4v) is 3.71. The molecule has 10 heteroatoms. The van der Waals surface area contributed by atoms with E-state index in [9.17, 15) is 18.4 Å². The highest BCUT2D eigenvalue weighted by atomic mass is 127. The number of carbonyl (C=O) groups excluding carboxylic acids is 1. The van der Waals surface area contributed by atoms with Crippen LogP contribution in [0, 0.1) is 10.7 Å². The SMILES string of the molecule is CCOC(OC(=O)c1cc(I)cc(I)c1I)C(F)(F)C(=O)O. The smallest absolute Gasteiger partial charge is 0.403 e. The van der Waals surface area contributed by atoms with Gasteiger partial charge < -0.3 is 14.6 Å². The maximum Gasteiger partial charge on any atom is 0.403 e. The van der Waals surface area contributed by atoms with Gasteiger partial charge in [0.2, 0.25) is 0 Å². The highest BCUT2D eigenvalue weighted by Crippen LogP contribution is 2.27. The average Bonchev–Trinajstić information content (AvgIpc) is 2.41. The van der Waals surface area contributed by atoms with Crippen LogP contribution in [0.4, 0.5) is 8.78 Å². The molecule has 1 N–H and O–H groups in total. The van der Waals surface area contributed by atoms with E-state index in [-0.39, 0.29) is 12.2 Å². The Balaban J connectivity index is 3.10. The van der Waals surface area contributed by atoms with E-state index < -0.39 is 24.2 Å². The van der Waals surface area contributed by atoms with Crippen LogP contribution < -0.4 is 0 Å². The Hall–Kier alpha value is 0.170. The van der Waals surface area contributed by atoms with E-state index in [0.29, 0.717) is 7.14 Å². The van der Waals surface area contributed by atoms with Gasteiger partial charge in [-0.25, -0.2) is 9.59 Å². The van der Waals surface area contributed by atoms with Crippen LogP contribution in [-0.2, 0) is 14.3 Å². The Labute approximate surface area is 165 Å². The zero-order valence-corrected chi connectivity index (χ0v) is 17.4. The van der Waals surface area contributed by atoms with Crippen LogP contribution in [0.2, 0.25) is 0 Å². The minimum atomic E-state index is -4.34. The minimum Gasteiger partial charge on any atom is -0.477 e. The number of esters is 1. The van der Waals surface area contributed by atoms with Crippen LogP contribution >= 0.6 is 67.8 Å². The molecule has 0 amide bonds. The summed E-state index contributed by atoms with van der Waals surface area (Å²) >= 11 is 5.84. The normalized spacial score (nSPS) is 12.8. The van der Waals surface area contributed by atoms with Gasteiger partial charge in [0.1, 0.15) is 0 Å². The fourth-order valence-electron chi connectivity index (χ4n) is 1.33. The summed E-state index contributed by atoms with van der Waals surface area (Å²) in [7, 11) is 0. The Morgan fingerprint density at radius 3 is 2.41 bits per heavy atom. The molecule has 0 aliphatic heterocycles. The third-order valence-corrected chi connectivity index (χ3v) is 5.99. The summed E-state index contributed by atoms with van der Waals surface area (Å²) in [5.74, 6) is -7.84. The average molecular weight is 652 g/mol. The molecule has 5 nitrogen and oxygen atoms in total. The van der Waals surface area contributed by atoms with Crippen molar-refractivity contribution < 1.29 is 33.0 Å². The molecule has 0 aromatic heterocycles. The number of ether oxygens (including phenoxy) is 2. The van der Waals surface area contributed by atoms with Crippen molar-refractivity contribution in [2.24, 2.45) is 0 Å². The molecule has 122 valence electrons. The standard InChI is InChI=1S/C12H9F2I3O5/c1-2-21-11(12(13,14)10(19)20)22-9(18)6-3-5(15)4-7(16)8(6)17/h3-4,11H,2H2,1H3,(H,19,20). The summed E-state index contributed by atoms with van der Waals surface area (Å²) in [5.41, 5.74) is 0.0720. The van der Waals surface area contributed by atoms with Crippen LogP contribution in [0.5, 0.6) is 0 Å². The van der Waals surface area contributed by atoms with Gasteiger partial charge in [-0.15, -0.1) is 0 Å². The Kier molecular flexibility index (Phi) is 7.65. The van der Waals surface area contributed by atoms with Gasteiger partial charge in [0.25, 0.3) is 6.29 Å². The number of halogens is 5. The minimum absolute atomic E-state index is 0.0720. The third-order valence-electron chi connectivity index (χ3n) is 2.33. The van der Waals surface area contributed by atoms with Crippen LogP contribution in [-0.4, -0.2) is 35.9 Å². The van der Waals surface area contributed by atoms with Crippen molar-refractivity contribution in [2.45, 2.75) is 19.1 Å². The molecule has 0 heterocycles. The summed E-state index contributed by atoms with van der Waals surface area (Å²) in [5, 5.41) is 8.54. The lowest BCUT2D eigenvalue weighted by molar-refractivity contribution is -0.237. The summed E-state index contributed by atoms with van der Waals surface area (Å²) in [4.78, 5) is 22.7. The number of rotatable bonds is 6. The first-order valence-corrected chi connectivity index (χ1v) is 8.93. The van der Waals surface area contributed by atoms with E-state index >= 15 is 0 Å². The largest absolute Gasteiger partial charge is 0.477 e. The zero-order valence-electron chi connectivity index (χ0n) is 10.9. The number of carboxylic acids is 1. The molecule has 0 radical (unpaired) electrons. The monoisotopic (exact) mass is 652 g/mol. The van der Waals surface area contributed by atoms with Crippen LogP contribution in [0.15, 0.2) is 12.1 Å². The maximum absolute atomic E-state index is 13.5. The van der Waals surface area contributed by atoms with Crippen molar-refractivity contribution >= 4 is 79.7 Å². The van der Waals surface area contributed by atoms with E-state index in [4.69, 9.17) is 5.11 Å². The lowest BCUT2D eigenvalue weighted by Gasteiger charge is -2.23. The maximum atomic E-state index is 13.5. The second-order valence-corrected chi connectivity index (χ2v) is 7.36. The molecule has 1 rings (SSSR count). The van der Waals surface area contributed by atoms with E-state index in [2.05, 4.69) is 9.47 Å². The molecular formula is C12H9F2I3O5. The van der Waals surface area contributed by atoms with Gasteiger partial charge in [-0.3, -0.25) is 0 Å². The lowest BCUT2D eigenvalue weighted by atomic mass is 10.2. The molecule has 0 saturated carbocycles. The van der Waals surface area contributed by atoms with Gasteiger partial charge >= 0.3 is 17.9 Å². The number of carbonyl (C=O) groups is 2. The second kappa shape index (κ2) is 8.32. The quantitative estimate of drug-likeness (QED) is 0.220.